The molecule has 1 fully saturated rings. The van der Waals surface area contributed by atoms with Crippen molar-refractivity contribution in [1.29, 1.82) is 0 Å². The fraction of sp³-hybridized carbons (Fsp3) is 0.688. The number of carbonyl (C=O) groups is 1. The van der Waals surface area contributed by atoms with Crippen molar-refractivity contribution in [1.82, 2.24) is 4.90 Å². The normalized spacial score (nSPS) is 18.7. The van der Waals surface area contributed by atoms with Gasteiger partial charge in [0.2, 0.25) is 0 Å². The van der Waals surface area contributed by atoms with Gasteiger partial charge in [-0.1, -0.05) is 25.3 Å². The van der Waals surface area contributed by atoms with Gasteiger partial charge in [-0.05, 0) is 44.7 Å². The van der Waals surface area contributed by atoms with Gasteiger partial charge in [0.1, 0.15) is 5.78 Å². The van der Waals surface area contributed by atoms with E-state index in [0.29, 0.717) is 24.3 Å². The lowest BCUT2D eigenvalue weighted by Crippen LogP contribution is -2.37. The number of likely N-dealkylation sites (N-methyl/N-ethyl adjacent to an activating group) is 1. The van der Waals surface area contributed by atoms with Gasteiger partial charge in [0.05, 0.1) is 6.54 Å². The smallest absolute Gasteiger partial charge is 0.149 e. The Bertz CT molecular complexity index is 381. The highest BCUT2D eigenvalue weighted by Gasteiger charge is 2.23. The fourth-order valence-corrected chi connectivity index (χ4v) is 3.66. The van der Waals surface area contributed by atoms with Gasteiger partial charge in [0, 0.05) is 16.8 Å². The van der Waals surface area contributed by atoms with Crippen LogP contribution in [0.1, 0.15) is 43.9 Å². The molecule has 1 heterocycles. The van der Waals surface area contributed by atoms with E-state index in [0.717, 1.165) is 19.3 Å². The second kappa shape index (κ2) is 7.20. The molecule has 0 N–H and O–H groups in total. The van der Waals surface area contributed by atoms with Crippen molar-refractivity contribution in [2.75, 3.05) is 13.6 Å². The topological polar surface area (TPSA) is 20.3 Å². The van der Waals surface area contributed by atoms with E-state index in [1.54, 1.807) is 11.3 Å². The summed E-state index contributed by atoms with van der Waals surface area (Å²) in [5.74, 6) is 0.797. The first kappa shape index (κ1) is 14.7. The molecular formula is C16H25NOS. The molecule has 106 valence electrons. The molecule has 1 saturated carbocycles. The van der Waals surface area contributed by atoms with Gasteiger partial charge in [0.15, 0.2) is 0 Å². The van der Waals surface area contributed by atoms with Crippen molar-refractivity contribution < 1.29 is 4.79 Å². The number of ketones is 1. The maximum absolute atomic E-state index is 12.3. The molecule has 0 amide bonds. The lowest BCUT2D eigenvalue weighted by Gasteiger charge is -2.27. The Kier molecular flexibility index (Phi) is 5.59. The number of nitrogens with zero attached hydrogens (tertiary/aromatic N) is 1. The third kappa shape index (κ3) is 4.43. The lowest BCUT2D eigenvalue weighted by atomic mass is 9.86. The molecule has 1 atom stereocenters. The van der Waals surface area contributed by atoms with Crippen LogP contribution < -0.4 is 0 Å². The molecule has 1 aliphatic rings. The summed E-state index contributed by atoms with van der Waals surface area (Å²) >= 11 is 1.80. The Morgan fingerprint density at radius 1 is 1.42 bits per heavy atom. The van der Waals surface area contributed by atoms with Gasteiger partial charge in [-0.15, -0.1) is 11.3 Å². The average molecular weight is 279 g/mol. The second-order valence-electron chi connectivity index (χ2n) is 5.85. The Balaban J connectivity index is 1.78. The number of carbonyl (C=O) groups excluding carboxylic acids is 1. The van der Waals surface area contributed by atoms with Gasteiger partial charge in [-0.3, -0.25) is 9.69 Å². The molecule has 0 aliphatic heterocycles. The van der Waals surface area contributed by atoms with Crippen LogP contribution in [0.15, 0.2) is 17.5 Å². The standard InChI is InChI=1S/C16H25NOS/c1-13(11-15-9-6-10-19-15)17(2)12-16(18)14-7-4-3-5-8-14/h6,9-10,13-14H,3-5,7-8,11-12H2,1-2H3. The monoisotopic (exact) mass is 279 g/mol. The van der Waals surface area contributed by atoms with Gasteiger partial charge in [0.25, 0.3) is 0 Å². The predicted octanol–water partition coefficient (Wildman–Crippen LogP) is 3.76. The van der Waals surface area contributed by atoms with E-state index < -0.39 is 0 Å². The van der Waals surface area contributed by atoms with E-state index in [2.05, 4.69) is 36.4 Å². The lowest BCUT2D eigenvalue weighted by molar-refractivity contribution is -0.125. The molecule has 2 rings (SSSR count). The van der Waals surface area contributed by atoms with Crippen LogP contribution in [0, 0.1) is 5.92 Å². The molecule has 3 heteroatoms. The van der Waals surface area contributed by atoms with Crippen LogP contribution in [0.3, 0.4) is 0 Å². The van der Waals surface area contributed by atoms with Crippen LogP contribution in [-0.4, -0.2) is 30.3 Å². The highest BCUT2D eigenvalue weighted by Crippen LogP contribution is 2.24. The van der Waals surface area contributed by atoms with Crippen LogP contribution in [0.5, 0.6) is 0 Å². The van der Waals surface area contributed by atoms with E-state index in [1.165, 1.54) is 24.1 Å². The van der Waals surface area contributed by atoms with Crippen LogP contribution in [0.4, 0.5) is 0 Å². The molecule has 1 aromatic rings. The molecule has 1 aromatic heterocycles. The van der Waals surface area contributed by atoms with Gasteiger partial charge in [-0.25, -0.2) is 0 Å². The molecule has 0 saturated heterocycles. The molecule has 1 unspecified atom stereocenters. The largest absolute Gasteiger partial charge is 0.298 e. The van der Waals surface area contributed by atoms with Crippen molar-refractivity contribution in [3.05, 3.63) is 22.4 Å². The Morgan fingerprint density at radius 3 is 2.79 bits per heavy atom. The molecule has 0 spiro atoms. The zero-order chi connectivity index (χ0) is 13.7. The van der Waals surface area contributed by atoms with E-state index in [4.69, 9.17) is 0 Å². The Hall–Kier alpha value is -0.670. The highest BCUT2D eigenvalue weighted by molar-refractivity contribution is 7.09. The number of thiophene rings is 1. The number of hydrogen-bond donors (Lipinski definition) is 0. The summed E-state index contributed by atoms with van der Waals surface area (Å²) in [7, 11) is 2.08. The minimum atomic E-state index is 0.338. The SMILES string of the molecule is CC(Cc1cccs1)N(C)CC(=O)C1CCCCC1. The summed E-state index contributed by atoms with van der Waals surface area (Å²) in [4.78, 5) is 15.9. The van der Waals surface area contributed by atoms with E-state index in [9.17, 15) is 4.79 Å². The number of Topliss-reactive ketones (excluding diaryl/α,β-unsaturated/α-hetero) is 1. The van der Waals surface area contributed by atoms with Crippen LogP contribution in [0.25, 0.3) is 0 Å². The average Bonchev–Trinajstić information content (AvgIpc) is 2.92. The maximum atomic E-state index is 12.3. The summed E-state index contributed by atoms with van der Waals surface area (Å²) in [6, 6.07) is 4.71. The van der Waals surface area contributed by atoms with Crippen molar-refractivity contribution in [2.45, 2.75) is 51.5 Å². The molecule has 0 radical (unpaired) electrons. The van der Waals surface area contributed by atoms with Crippen LogP contribution in [0.2, 0.25) is 0 Å². The van der Waals surface area contributed by atoms with Crippen molar-refractivity contribution in [2.24, 2.45) is 5.92 Å². The Labute approximate surface area is 120 Å². The van der Waals surface area contributed by atoms with Gasteiger partial charge < -0.3 is 0 Å². The molecule has 19 heavy (non-hydrogen) atoms. The minimum absolute atomic E-state index is 0.338. The fourth-order valence-electron chi connectivity index (χ4n) is 2.83. The van der Waals surface area contributed by atoms with Crippen molar-refractivity contribution in [3.63, 3.8) is 0 Å². The summed E-state index contributed by atoms with van der Waals surface area (Å²) in [5.41, 5.74) is 0. The zero-order valence-corrected chi connectivity index (χ0v) is 12.9. The Morgan fingerprint density at radius 2 is 2.16 bits per heavy atom. The first-order valence-electron chi connectivity index (χ1n) is 7.42. The first-order chi connectivity index (χ1) is 9.16. The summed E-state index contributed by atoms with van der Waals surface area (Å²) in [6.07, 6.45) is 7.08. The molecule has 0 bridgehead atoms. The van der Waals surface area contributed by atoms with Crippen LogP contribution in [-0.2, 0) is 11.2 Å². The van der Waals surface area contributed by atoms with E-state index in [1.807, 2.05) is 0 Å². The summed E-state index contributed by atoms with van der Waals surface area (Å²) < 4.78 is 0. The molecular weight excluding hydrogens is 254 g/mol. The number of hydrogen-bond acceptors (Lipinski definition) is 3. The molecule has 1 aliphatic carbocycles. The van der Waals surface area contributed by atoms with Crippen molar-refractivity contribution >= 4 is 17.1 Å². The zero-order valence-electron chi connectivity index (χ0n) is 12.1. The quantitative estimate of drug-likeness (QED) is 0.790. The second-order valence-corrected chi connectivity index (χ2v) is 6.88. The van der Waals surface area contributed by atoms with Gasteiger partial charge in [-0.2, -0.15) is 0 Å². The third-order valence-corrected chi connectivity index (χ3v) is 5.19. The summed E-state index contributed by atoms with van der Waals surface area (Å²) in [5, 5.41) is 2.12. The predicted molar refractivity (Wildman–Crippen MR) is 81.7 cm³/mol. The van der Waals surface area contributed by atoms with Crippen molar-refractivity contribution in [3.8, 4) is 0 Å². The maximum Gasteiger partial charge on any atom is 0.149 e. The minimum Gasteiger partial charge on any atom is -0.298 e. The number of rotatable bonds is 6. The van der Waals surface area contributed by atoms with Crippen LogP contribution >= 0.6 is 11.3 Å². The van der Waals surface area contributed by atoms with E-state index >= 15 is 0 Å². The van der Waals surface area contributed by atoms with Gasteiger partial charge >= 0.3 is 0 Å². The summed E-state index contributed by atoms with van der Waals surface area (Å²) in [6.45, 7) is 2.84. The molecule has 2 nitrogen and oxygen atoms in total. The molecule has 0 aromatic carbocycles. The highest BCUT2D eigenvalue weighted by atomic mass is 32.1. The third-order valence-electron chi connectivity index (χ3n) is 4.29. The van der Waals surface area contributed by atoms with E-state index in [-0.39, 0.29) is 0 Å². The first-order valence-corrected chi connectivity index (χ1v) is 8.30.